The van der Waals surface area contributed by atoms with Gasteiger partial charge < -0.3 is 15.4 Å². The van der Waals surface area contributed by atoms with E-state index >= 15 is 0 Å². The van der Waals surface area contributed by atoms with E-state index in [1.807, 2.05) is 19.2 Å². The van der Waals surface area contributed by atoms with E-state index < -0.39 is 0 Å². The lowest BCUT2D eigenvalue weighted by atomic mass is 10.3. The number of rotatable bonds is 5. The number of hydrogen-bond donors (Lipinski definition) is 1. The standard InChI is InChI=1S/C10H17N3O/c1-13(7-3-5-11)9-4-6-12-10(8-9)14-2/h4,6,8H,3,5,7,11H2,1-2H3. The summed E-state index contributed by atoms with van der Waals surface area (Å²) in [6.45, 7) is 1.66. The second kappa shape index (κ2) is 5.44. The minimum Gasteiger partial charge on any atom is -0.481 e. The summed E-state index contributed by atoms with van der Waals surface area (Å²) in [4.78, 5) is 6.18. The lowest BCUT2D eigenvalue weighted by molar-refractivity contribution is 0.398. The molecular weight excluding hydrogens is 178 g/mol. The normalized spacial score (nSPS) is 9.93. The molecule has 0 unspecified atom stereocenters. The molecule has 0 saturated heterocycles. The van der Waals surface area contributed by atoms with Crippen molar-refractivity contribution in [3.8, 4) is 5.88 Å². The van der Waals surface area contributed by atoms with Gasteiger partial charge in [-0.15, -0.1) is 0 Å². The van der Waals surface area contributed by atoms with Crippen molar-refractivity contribution < 1.29 is 4.74 Å². The Morgan fingerprint density at radius 3 is 3.00 bits per heavy atom. The highest BCUT2D eigenvalue weighted by atomic mass is 16.5. The quantitative estimate of drug-likeness (QED) is 0.757. The summed E-state index contributed by atoms with van der Waals surface area (Å²) < 4.78 is 5.05. The molecule has 0 amide bonds. The average molecular weight is 195 g/mol. The first-order valence-electron chi connectivity index (χ1n) is 4.69. The van der Waals surface area contributed by atoms with Crippen molar-refractivity contribution in [2.24, 2.45) is 5.73 Å². The molecule has 0 aliphatic carbocycles. The van der Waals surface area contributed by atoms with E-state index in [0.29, 0.717) is 12.4 Å². The van der Waals surface area contributed by atoms with Crippen LogP contribution in [0.1, 0.15) is 6.42 Å². The first-order valence-corrected chi connectivity index (χ1v) is 4.69. The maximum Gasteiger partial charge on any atom is 0.214 e. The third-order valence-corrected chi connectivity index (χ3v) is 2.07. The van der Waals surface area contributed by atoms with Gasteiger partial charge in [-0.2, -0.15) is 0 Å². The van der Waals surface area contributed by atoms with Crippen LogP contribution >= 0.6 is 0 Å². The molecule has 4 nitrogen and oxygen atoms in total. The lowest BCUT2D eigenvalue weighted by Gasteiger charge is -2.18. The summed E-state index contributed by atoms with van der Waals surface area (Å²) in [7, 11) is 3.65. The van der Waals surface area contributed by atoms with Crippen LogP contribution in [0, 0.1) is 0 Å². The number of pyridine rings is 1. The summed E-state index contributed by atoms with van der Waals surface area (Å²) in [6, 6.07) is 3.87. The van der Waals surface area contributed by atoms with Crippen LogP contribution in [0.3, 0.4) is 0 Å². The van der Waals surface area contributed by atoms with E-state index in [0.717, 1.165) is 18.7 Å². The predicted octanol–water partition coefficient (Wildman–Crippen LogP) is 0.875. The highest BCUT2D eigenvalue weighted by Crippen LogP contribution is 2.16. The largest absolute Gasteiger partial charge is 0.481 e. The zero-order valence-corrected chi connectivity index (χ0v) is 8.73. The van der Waals surface area contributed by atoms with E-state index in [4.69, 9.17) is 10.5 Å². The van der Waals surface area contributed by atoms with Crippen molar-refractivity contribution in [3.63, 3.8) is 0 Å². The van der Waals surface area contributed by atoms with E-state index in [-0.39, 0.29) is 0 Å². The summed E-state index contributed by atoms with van der Waals surface area (Å²) in [5, 5.41) is 0. The monoisotopic (exact) mass is 195 g/mol. The molecule has 0 spiro atoms. The topological polar surface area (TPSA) is 51.4 Å². The first-order chi connectivity index (χ1) is 6.77. The Labute approximate surface area is 84.7 Å². The molecule has 78 valence electrons. The number of methoxy groups -OCH3 is 1. The molecule has 0 bridgehead atoms. The molecule has 0 aliphatic rings. The minimum absolute atomic E-state index is 0.641. The molecule has 4 heteroatoms. The van der Waals surface area contributed by atoms with Crippen LogP contribution in [0.2, 0.25) is 0 Å². The molecule has 1 heterocycles. The molecule has 0 fully saturated rings. The zero-order valence-electron chi connectivity index (χ0n) is 8.73. The van der Waals surface area contributed by atoms with Crippen molar-refractivity contribution in [2.75, 3.05) is 32.1 Å². The maximum atomic E-state index is 5.45. The highest BCUT2D eigenvalue weighted by molar-refractivity contribution is 5.47. The lowest BCUT2D eigenvalue weighted by Crippen LogP contribution is -2.20. The predicted molar refractivity (Wildman–Crippen MR) is 57.7 cm³/mol. The van der Waals surface area contributed by atoms with Crippen molar-refractivity contribution in [1.82, 2.24) is 4.98 Å². The molecule has 0 aliphatic heterocycles. The molecule has 1 aromatic heterocycles. The van der Waals surface area contributed by atoms with Gasteiger partial charge in [0.25, 0.3) is 0 Å². The van der Waals surface area contributed by atoms with Crippen LogP contribution in [0.5, 0.6) is 5.88 Å². The summed E-state index contributed by atoms with van der Waals surface area (Å²) in [6.07, 6.45) is 2.73. The molecule has 1 rings (SSSR count). The van der Waals surface area contributed by atoms with Crippen LogP contribution in [0.4, 0.5) is 5.69 Å². The van der Waals surface area contributed by atoms with Crippen molar-refractivity contribution in [3.05, 3.63) is 18.3 Å². The number of aromatic nitrogens is 1. The molecule has 0 atom stereocenters. The zero-order chi connectivity index (χ0) is 10.4. The third-order valence-electron chi connectivity index (χ3n) is 2.07. The molecular formula is C10H17N3O. The van der Waals surface area contributed by atoms with Gasteiger partial charge in [0.2, 0.25) is 5.88 Å². The number of hydrogen-bond acceptors (Lipinski definition) is 4. The van der Waals surface area contributed by atoms with E-state index in [1.165, 1.54) is 0 Å². The van der Waals surface area contributed by atoms with Gasteiger partial charge >= 0.3 is 0 Å². The Balaban J connectivity index is 2.64. The van der Waals surface area contributed by atoms with Crippen molar-refractivity contribution >= 4 is 5.69 Å². The Kier molecular flexibility index (Phi) is 4.19. The van der Waals surface area contributed by atoms with E-state index in [9.17, 15) is 0 Å². The molecule has 0 radical (unpaired) electrons. The highest BCUT2D eigenvalue weighted by Gasteiger charge is 2.01. The Hall–Kier alpha value is -1.29. The number of nitrogens with two attached hydrogens (primary N) is 1. The SMILES string of the molecule is COc1cc(N(C)CCCN)ccn1. The van der Waals surface area contributed by atoms with Gasteiger partial charge in [-0.25, -0.2) is 4.98 Å². The van der Waals surface area contributed by atoms with Crippen LogP contribution < -0.4 is 15.4 Å². The molecule has 0 saturated carbocycles. The van der Waals surface area contributed by atoms with Crippen molar-refractivity contribution in [1.29, 1.82) is 0 Å². The molecule has 1 aromatic rings. The number of ether oxygens (including phenoxy) is 1. The number of nitrogens with zero attached hydrogens (tertiary/aromatic N) is 2. The average Bonchev–Trinajstić information content (AvgIpc) is 2.26. The minimum atomic E-state index is 0.641. The fraction of sp³-hybridized carbons (Fsp3) is 0.500. The fourth-order valence-electron chi connectivity index (χ4n) is 1.21. The third kappa shape index (κ3) is 2.88. The van der Waals surface area contributed by atoms with E-state index in [1.54, 1.807) is 13.3 Å². The van der Waals surface area contributed by atoms with Gasteiger partial charge in [-0.05, 0) is 19.0 Å². The van der Waals surface area contributed by atoms with E-state index in [2.05, 4.69) is 9.88 Å². The van der Waals surface area contributed by atoms with Crippen LogP contribution in [-0.4, -0.2) is 32.2 Å². The number of anilines is 1. The van der Waals surface area contributed by atoms with Gasteiger partial charge in [-0.3, -0.25) is 0 Å². The Bertz CT molecular complexity index is 278. The molecule has 2 N–H and O–H groups in total. The van der Waals surface area contributed by atoms with Gasteiger partial charge in [0, 0.05) is 31.5 Å². The van der Waals surface area contributed by atoms with Crippen LogP contribution in [0.25, 0.3) is 0 Å². The second-order valence-electron chi connectivity index (χ2n) is 3.12. The maximum absolute atomic E-state index is 5.45. The first kappa shape index (κ1) is 10.8. The van der Waals surface area contributed by atoms with Crippen LogP contribution in [-0.2, 0) is 0 Å². The van der Waals surface area contributed by atoms with Gasteiger partial charge in [0.1, 0.15) is 0 Å². The summed E-state index contributed by atoms with van der Waals surface area (Å²) >= 11 is 0. The summed E-state index contributed by atoms with van der Waals surface area (Å²) in [5.41, 5.74) is 6.55. The smallest absolute Gasteiger partial charge is 0.214 e. The van der Waals surface area contributed by atoms with Gasteiger partial charge in [0.05, 0.1) is 7.11 Å². The Morgan fingerprint density at radius 2 is 2.36 bits per heavy atom. The van der Waals surface area contributed by atoms with Gasteiger partial charge in [-0.1, -0.05) is 0 Å². The van der Waals surface area contributed by atoms with Crippen molar-refractivity contribution in [2.45, 2.75) is 6.42 Å². The van der Waals surface area contributed by atoms with Gasteiger partial charge in [0.15, 0.2) is 0 Å². The molecule has 0 aromatic carbocycles. The summed E-state index contributed by atoms with van der Waals surface area (Å²) in [5.74, 6) is 0.641. The second-order valence-corrected chi connectivity index (χ2v) is 3.12. The molecule has 14 heavy (non-hydrogen) atoms. The fourth-order valence-corrected chi connectivity index (χ4v) is 1.21. The van der Waals surface area contributed by atoms with Crippen LogP contribution in [0.15, 0.2) is 18.3 Å². The Morgan fingerprint density at radius 1 is 1.57 bits per heavy atom.